The maximum Gasteiger partial charge on any atom is 0.203 e. The minimum Gasteiger partial charge on any atom is -0.493 e. The molecule has 4 rings (SSSR count). The van der Waals surface area contributed by atoms with Crippen LogP contribution < -0.4 is 43.8 Å². The minimum absolute atomic E-state index is 0.170. The molecular weight excluding hydrogens is 540 g/mol. The topological polar surface area (TPSA) is 109 Å². The van der Waals surface area contributed by atoms with E-state index in [1.54, 1.807) is 28.4 Å². The molecule has 0 amide bonds. The number of nitrogens with one attached hydrogen (secondary N) is 2. The van der Waals surface area contributed by atoms with E-state index in [9.17, 15) is 5.11 Å². The molecule has 0 spiro atoms. The number of hydrogen-bond donors (Lipinski definition) is 3. The van der Waals surface area contributed by atoms with Gasteiger partial charge in [-0.15, -0.1) is 0 Å². The van der Waals surface area contributed by atoms with Gasteiger partial charge in [-0.2, -0.15) is 0 Å². The molecule has 0 aromatic heterocycles. The van der Waals surface area contributed by atoms with E-state index < -0.39 is 6.10 Å². The van der Waals surface area contributed by atoms with Gasteiger partial charge in [-0.25, -0.2) is 0 Å². The molecule has 42 heavy (non-hydrogen) atoms. The maximum absolute atomic E-state index is 10.7. The summed E-state index contributed by atoms with van der Waals surface area (Å²) in [7, 11) is 6.45. The number of hydrogen-bond acceptors (Lipinski definition) is 10. The van der Waals surface area contributed by atoms with Crippen molar-refractivity contribution in [1.82, 2.24) is 10.6 Å². The summed E-state index contributed by atoms with van der Waals surface area (Å²) in [6.07, 6.45) is 0.506. The monoisotopic (exact) mass is 582 g/mol. The molecule has 0 saturated carbocycles. The van der Waals surface area contributed by atoms with Crippen LogP contribution in [0.5, 0.6) is 40.2 Å². The van der Waals surface area contributed by atoms with E-state index in [-0.39, 0.29) is 6.10 Å². The Morgan fingerprint density at radius 1 is 0.857 bits per heavy atom. The molecule has 228 valence electrons. The van der Waals surface area contributed by atoms with Gasteiger partial charge in [-0.3, -0.25) is 0 Å². The molecule has 0 fully saturated rings. The number of para-hydroxylation sites is 2. The minimum atomic E-state index is -0.576. The van der Waals surface area contributed by atoms with Gasteiger partial charge >= 0.3 is 0 Å². The highest BCUT2D eigenvalue weighted by Gasteiger charge is 2.24. The molecule has 1 heterocycles. The molecule has 0 bridgehead atoms. The van der Waals surface area contributed by atoms with Crippen LogP contribution in [0.3, 0.4) is 0 Å². The zero-order valence-corrected chi connectivity index (χ0v) is 24.8. The summed E-state index contributed by atoms with van der Waals surface area (Å²) < 4.78 is 39.6. The first-order valence-electron chi connectivity index (χ1n) is 14.1. The van der Waals surface area contributed by atoms with Crippen LogP contribution in [-0.2, 0) is 12.8 Å². The van der Waals surface area contributed by atoms with Crippen molar-refractivity contribution >= 4 is 0 Å². The van der Waals surface area contributed by atoms with Crippen molar-refractivity contribution in [2.75, 3.05) is 67.8 Å². The molecular formula is C32H42N2O8. The smallest absolute Gasteiger partial charge is 0.203 e. The van der Waals surface area contributed by atoms with Crippen molar-refractivity contribution in [2.24, 2.45) is 0 Å². The van der Waals surface area contributed by atoms with E-state index in [0.717, 1.165) is 24.1 Å². The lowest BCUT2D eigenvalue weighted by molar-refractivity contribution is 0.0868. The molecule has 0 saturated heterocycles. The molecule has 2 unspecified atom stereocenters. The van der Waals surface area contributed by atoms with Crippen LogP contribution in [0.1, 0.15) is 11.1 Å². The van der Waals surface area contributed by atoms with Gasteiger partial charge in [-0.05, 0) is 48.9 Å². The highest BCUT2D eigenvalue weighted by atomic mass is 16.6. The van der Waals surface area contributed by atoms with E-state index in [2.05, 4.69) is 10.6 Å². The number of fused-ring (bicyclic) bond motifs is 1. The number of methoxy groups -OCH3 is 4. The van der Waals surface area contributed by atoms with E-state index in [4.69, 9.17) is 33.2 Å². The molecule has 2 atom stereocenters. The number of aliphatic hydroxyl groups is 1. The number of ether oxygens (including phenoxy) is 7. The van der Waals surface area contributed by atoms with Crippen LogP contribution in [0.25, 0.3) is 0 Å². The zero-order chi connectivity index (χ0) is 29.7. The van der Waals surface area contributed by atoms with Crippen LogP contribution in [0.2, 0.25) is 0 Å². The Balaban J connectivity index is 1.20. The summed E-state index contributed by atoms with van der Waals surface area (Å²) in [6, 6.07) is 17.2. The van der Waals surface area contributed by atoms with Gasteiger partial charge in [0.25, 0.3) is 0 Å². The third-order valence-electron chi connectivity index (χ3n) is 6.92. The van der Waals surface area contributed by atoms with E-state index in [1.807, 2.05) is 54.6 Å². The standard InChI is InChI=1S/C32H42N2O8/c1-36-26-12-11-22(17-30(26)39-4)13-14-33-19-24(35)18-23-7-5-10-29-31(23)42-25(21-41-29)20-34-15-16-40-32-27(37-2)8-6-9-28(32)38-3/h5-12,17,24-25,33-35H,13-16,18-21H2,1-4H3. The first-order valence-corrected chi connectivity index (χ1v) is 14.1. The van der Waals surface area contributed by atoms with Crippen molar-refractivity contribution < 1.29 is 38.3 Å². The van der Waals surface area contributed by atoms with Gasteiger partial charge in [0.1, 0.15) is 19.3 Å². The fraction of sp³-hybridized carbons (Fsp3) is 0.438. The molecule has 0 aliphatic carbocycles. The second-order valence-corrected chi connectivity index (χ2v) is 9.84. The number of aliphatic hydroxyl groups excluding tert-OH is 1. The Kier molecular flexibility index (Phi) is 11.8. The zero-order valence-electron chi connectivity index (χ0n) is 24.8. The second kappa shape index (κ2) is 16.0. The average Bonchev–Trinajstić information content (AvgIpc) is 3.02. The third kappa shape index (κ3) is 8.34. The van der Waals surface area contributed by atoms with Gasteiger partial charge in [0.2, 0.25) is 5.75 Å². The first-order chi connectivity index (χ1) is 20.6. The summed E-state index contributed by atoms with van der Waals surface area (Å²) in [4.78, 5) is 0. The fourth-order valence-electron chi connectivity index (χ4n) is 4.76. The largest absolute Gasteiger partial charge is 0.493 e. The third-order valence-corrected chi connectivity index (χ3v) is 6.92. The Morgan fingerprint density at radius 3 is 2.33 bits per heavy atom. The Bertz CT molecular complexity index is 1250. The van der Waals surface area contributed by atoms with Gasteiger partial charge in [0.05, 0.1) is 34.5 Å². The van der Waals surface area contributed by atoms with Gasteiger partial charge in [0.15, 0.2) is 34.5 Å². The van der Waals surface area contributed by atoms with Crippen molar-refractivity contribution in [3.8, 4) is 40.2 Å². The molecule has 0 radical (unpaired) electrons. The molecule has 3 N–H and O–H groups in total. The van der Waals surface area contributed by atoms with Crippen molar-refractivity contribution in [3.05, 3.63) is 65.7 Å². The highest BCUT2D eigenvalue weighted by molar-refractivity contribution is 5.51. The molecule has 1 aliphatic rings. The summed E-state index contributed by atoms with van der Waals surface area (Å²) in [5, 5.41) is 17.5. The van der Waals surface area contributed by atoms with Gasteiger partial charge < -0.3 is 48.9 Å². The van der Waals surface area contributed by atoms with Crippen molar-refractivity contribution in [2.45, 2.75) is 25.0 Å². The highest BCUT2D eigenvalue weighted by Crippen LogP contribution is 2.37. The summed E-state index contributed by atoms with van der Waals surface area (Å²) in [5.74, 6) is 4.63. The lowest BCUT2D eigenvalue weighted by Crippen LogP contribution is -2.40. The first kappa shape index (κ1) is 31.1. The Labute approximate surface area is 247 Å². The maximum atomic E-state index is 10.7. The molecule has 10 heteroatoms. The van der Waals surface area contributed by atoms with Gasteiger partial charge in [-0.1, -0.05) is 24.3 Å². The lowest BCUT2D eigenvalue weighted by atomic mass is 10.1. The normalized spacial score (nSPS) is 14.6. The summed E-state index contributed by atoms with van der Waals surface area (Å²) in [6.45, 7) is 3.23. The van der Waals surface area contributed by atoms with Crippen LogP contribution >= 0.6 is 0 Å². The SMILES string of the molecule is COc1ccc(CCNCC(O)Cc2cccc3c2OC(CNCCOc2c(OC)cccc2OC)CO3)cc1OC. The van der Waals surface area contributed by atoms with Crippen LogP contribution in [0, 0.1) is 0 Å². The van der Waals surface area contributed by atoms with E-state index in [1.165, 1.54) is 0 Å². The quantitative estimate of drug-likeness (QED) is 0.205. The fourth-order valence-corrected chi connectivity index (χ4v) is 4.76. The van der Waals surface area contributed by atoms with Crippen molar-refractivity contribution in [1.29, 1.82) is 0 Å². The van der Waals surface area contributed by atoms with Crippen LogP contribution in [-0.4, -0.2) is 85.1 Å². The van der Waals surface area contributed by atoms with Crippen molar-refractivity contribution in [3.63, 3.8) is 0 Å². The molecule has 10 nitrogen and oxygen atoms in total. The molecule has 3 aromatic rings. The Morgan fingerprint density at radius 2 is 1.60 bits per heavy atom. The summed E-state index contributed by atoms with van der Waals surface area (Å²) >= 11 is 0. The predicted octanol–water partition coefficient (Wildman–Crippen LogP) is 3.27. The van der Waals surface area contributed by atoms with Crippen LogP contribution in [0.15, 0.2) is 54.6 Å². The molecule has 1 aliphatic heterocycles. The summed E-state index contributed by atoms with van der Waals surface area (Å²) in [5.41, 5.74) is 2.04. The van der Waals surface area contributed by atoms with E-state index in [0.29, 0.717) is 79.5 Å². The average molecular weight is 583 g/mol. The predicted molar refractivity (Wildman–Crippen MR) is 160 cm³/mol. The van der Waals surface area contributed by atoms with Crippen LogP contribution in [0.4, 0.5) is 0 Å². The lowest BCUT2D eigenvalue weighted by Gasteiger charge is -2.29. The number of benzene rings is 3. The second-order valence-electron chi connectivity index (χ2n) is 9.84. The number of rotatable bonds is 17. The molecule has 3 aromatic carbocycles. The van der Waals surface area contributed by atoms with Gasteiger partial charge in [0, 0.05) is 31.6 Å². The van der Waals surface area contributed by atoms with E-state index >= 15 is 0 Å². The Hall–Kier alpha value is -3.86.